The van der Waals surface area contributed by atoms with Gasteiger partial charge in [-0.2, -0.15) is 0 Å². The lowest BCUT2D eigenvalue weighted by atomic mass is 9.83. The van der Waals surface area contributed by atoms with Gasteiger partial charge < -0.3 is 5.11 Å². The maximum atomic E-state index is 13.6. The Kier molecular flexibility index (Phi) is 4.24. The van der Waals surface area contributed by atoms with Gasteiger partial charge in [-0.15, -0.1) is 0 Å². The molecular weight excluding hydrogens is 344 g/mol. The quantitative estimate of drug-likeness (QED) is 0.864. The minimum Gasteiger partial charge on any atom is -0.393 e. The normalized spacial score (nSPS) is 23.2. The molecule has 2 N–H and O–H groups in total. The lowest BCUT2D eigenvalue weighted by Crippen LogP contribution is -2.38. The summed E-state index contributed by atoms with van der Waals surface area (Å²) in [5.74, 6) is -1.95. The lowest BCUT2D eigenvalue weighted by molar-refractivity contribution is 0.0453. The van der Waals surface area contributed by atoms with Crippen molar-refractivity contribution in [1.29, 1.82) is 0 Å². The van der Waals surface area contributed by atoms with Crippen LogP contribution in [0.4, 0.5) is 8.78 Å². The fraction of sp³-hybridized carbons (Fsp3) is 0.455. The molecule has 0 unspecified atom stereocenters. The second kappa shape index (κ2) is 5.43. The van der Waals surface area contributed by atoms with E-state index in [2.05, 4.69) is 20.7 Å². The molecule has 1 fully saturated rings. The number of aliphatic hydroxyl groups is 1. The van der Waals surface area contributed by atoms with E-state index in [1.165, 1.54) is 0 Å². The zero-order valence-corrected chi connectivity index (χ0v) is 12.1. The highest BCUT2D eigenvalue weighted by molar-refractivity contribution is 9.10. The van der Waals surface area contributed by atoms with E-state index in [9.17, 15) is 17.2 Å². The van der Waals surface area contributed by atoms with Crippen molar-refractivity contribution >= 4 is 26.0 Å². The molecule has 1 aromatic rings. The fourth-order valence-corrected chi connectivity index (χ4v) is 4.23. The highest BCUT2D eigenvalue weighted by Crippen LogP contribution is 2.29. The van der Waals surface area contributed by atoms with E-state index < -0.39 is 26.6 Å². The smallest absolute Gasteiger partial charge is 0.244 e. The predicted octanol–water partition coefficient (Wildman–Crippen LogP) is 1.78. The van der Waals surface area contributed by atoms with Gasteiger partial charge in [0.2, 0.25) is 10.0 Å². The minimum atomic E-state index is -4.05. The number of rotatable bonds is 4. The number of sulfonamides is 1. The average Bonchev–Trinajstić information content (AvgIpc) is 2.20. The van der Waals surface area contributed by atoms with Crippen LogP contribution in [0.1, 0.15) is 12.8 Å². The first-order valence-electron chi connectivity index (χ1n) is 5.62. The number of nitrogens with one attached hydrogen (secondary N) is 1. The number of halogens is 3. The van der Waals surface area contributed by atoms with Crippen molar-refractivity contribution in [3.8, 4) is 0 Å². The molecule has 1 aliphatic rings. The van der Waals surface area contributed by atoms with Crippen molar-refractivity contribution in [3.63, 3.8) is 0 Å². The highest BCUT2D eigenvalue weighted by atomic mass is 79.9. The first kappa shape index (κ1) is 14.8. The van der Waals surface area contributed by atoms with Gasteiger partial charge in [-0.1, -0.05) is 0 Å². The van der Waals surface area contributed by atoms with Crippen LogP contribution in [0.15, 0.2) is 21.5 Å². The fourth-order valence-electron chi connectivity index (χ4n) is 1.95. The summed E-state index contributed by atoms with van der Waals surface area (Å²) < 4.78 is 52.5. The molecule has 1 saturated carbocycles. The van der Waals surface area contributed by atoms with E-state index >= 15 is 0 Å². The Morgan fingerprint density at radius 1 is 1.37 bits per heavy atom. The molecule has 106 valence electrons. The maximum absolute atomic E-state index is 13.6. The summed E-state index contributed by atoms with van der Waals surface area (Å²) in [6, 6.07) is 1.41. The molecule has 2 rings (SSSR count). The maximum Gasteiger partial charge on any atom is 0.244 e. The monoisotopic (exact) mass is 355 g/mol. The molecule has 4 nitrogen and oxygen atoms in total. The number of hydrogen-bond donors (Lipinski definition) is 2. The Morgan fingerprint density at radius 3 is 2.53 bits per heavy atom. The summed E-state index contributed by atoms with van der Waals surface area (Å²) in [7, 11) is -4.05. The van der Waals surface area contributed by atoms with Crippen LogP contribution in [0.5, 0.6) is 0 Å². The van der Waals surface area contributed by atoms with Crippen molar-refractivity contribution in [2.75, 3.05) is 6.54 Å². The largest absolute Gasteiger partial charge is 0.393 e. The molecule has 0 atom stereocenters. The number of hydrogen-bond acceptors (Lipinski definition) is 3. The molecule has 0 amide bonds. The highest BCUT2D eigenvalue weighted by Gasteiger charge is 2.30. The zero-order chi connectivity index (χ0) is 14.2. The molecule has 0 aliphatic heterocycles. The third-order valence-corrected chi connectivity index (χ3v) is 5.39. The van der Waals surface area contributed by atoms with Crippen molar-refractivity contribution in [2.45, 2.75) is 23.8 Å². The van der Waals surface area contributed by atoms with E-state index in [4.69, 9.17) is 5.11 Å². The van der Waals surface area contributed by atoms with E-state index in [0.29, 0.717) is 18.9 Å². The lowest BCUT2D eigenvalue weighted by Gasteiger charge is -2.31. The predicted molar refractivity (Wildman–Crippen MR) is 68.0 cm³/mol. The van der Waals surface area contributed by atoms with Crippen molar-refractivity contribution in [2.24, 2.45) is 5.92 Å². The van der Waals surface area contributed by atoms with E-state index in [0.717, 1.165) is 6.07 Å². The van der Waals surface area contributed by atoms with E-state index in [-0.39, 0.29) is 23.0 Å². The van der Waals surface area contributed by atoms with Crippen LogP contribution in [-0.2, 0) is 10.0 Å². The summed E-state index contributed by atoms with van der Waals surface area (Å²) in [4.78, 5) is -0.603. The molecule has 0 bridgehead atoms. The first-order valence-corrected chi connectivity index (χ1v) is 7.89. The summed E-state index contributed by atoms with van der Waals surface area (Å²) in [6.45, 7) is 0.128. The van der Waals surface area contributed by atoms with Crippen LogP contribution < -0.4 is 4.72 Å². The topological polar surface area (TPSA) is 66.4 Å². The molecule has 8 heteroatoms. The molecule has 0 spiro atoms. The van der Waals surface area contributed by atoms with Crippen LogP contribution >= 0.6 is 15.9 Å². The van der Waals surface area contributed by atoms with Gasteiger partial charge in [0, 0.05) is 17.1 Å². The standard InChI is InChI=1S/C11H12BrF2NO3S/c12-9-3-7(13)4-10(14)11(9)19(17,18)15-5-6-1-8(16)2-6/h3-4,6,8,15-16H,1-2,5H2. The summed E-state index contributed by atoms with van der Waals surface area (Å²) in [5, 5.41) is 9.10. The van der Waals surface area contributed by atoms with Crippen LogP contribution in [0.2, 0.25) is 0 Å². The van der Waals surface area contributed by atoms with Crippen LogP contribution in [-0.4, -0.2) is 26.2 Å². The Bertz CT molecular complexity index is 565. The van der Waals surface area contributed by atoms with Crippen LogP contribution in [0.25, 0.3) is 0 Å². The van der Waals surface area contributed by atoms with Gasteiger partial charge in [-0.05, 0) is 40.8 Å². The Morgan fingerprint density at radius 2 is 2.00 bits per heavy atom. The third-order valence-electron chi connectivity index (χ3n) is 3.00. The minimum absolute atomic E-state index is 0.0482. The Labute approximate surface area is 118 Å². The van der Waals surface area contributed by atoms with E-state index in [1.807, 2.05) is 0 Å². The Balaban J connectivity index is 2.15. The molecule has 0 saturated heterocycles. The molecule has 19 heavy (non-hydrogen) atoms. The van der Waals surface area contributed by atoms with E-state index in [1.54, 1.807) is 0 Å². The van der Waals surface area contributed by atoms with Gasteiger partial charge in [0.15, 0.2) is 0 Å². The number of benzene rings is 1. The van der Waals surface area contributed by atoms with Gasteiger partial charge in [-0.3, -0.25) is 0 Å². The van der Waals surface area contributed by atoms with Gasteiger partial charge in [0.25, 0.3) is 0 Å². The molecule has 1 aromatic carbocycles. The van der Waals surface area contributed by atoms with Crippen molar-refractivity contribution in [3.05, 3.63) is 28.2 Å². The summed E-state index contributed by atoms with van der Waals surface area (Å²) >= 11 is 2.84. The summed E-state index contributed by atoms with van der Waals surface area (Å²) in [5.41, 5.74) is 0. The first-order chi connectivity index (χ1) is 8.79. The SMILES string of the molecule is O=S(=O)(NCC1CC(O)C1)c1c(F)cc(F)cc1Br. The van der Waals surface area contributed by atoms with Crippen LogP contribution in [0.3, 0.4) is 0 Å². The van der Waals surface area contributed by atoms with Crippen molar-refractivity contribution < 1.29 is 22.3 Å². The second-order valence-electron chi connectivity index (χ2n) is 4.54. The van der Waals surface area contributed by atoms with Gasteiger partial charge in [-0.25, -0.2) is 21.9 Å². The third kappa shape index (κ3) is 3.31. The van der Waals surface area contributed by atoms with Gasteiger partial charge in [0.05, 0.1) is 6.10 Å². The van der Waals surface area contributed by atoms with Crippen molar-refractivity contribution in [1.82, 2.24) is 4.72 Å². The molecule has 0 heterocycles. The molecule has 0 radical (unpaired) electrons. The average molecular weight is 356 g/mol. The zero-order valence-electron chi connectivity index (χ0n) is 9.74. The molecule has 1 aliphatic carbocycles. The van der Waals surface area contributed by atoms with Gasteiger partial charge in [0.1, 0.15) is 16.5 Å². The Hall–Kier alpha value is -0.570. The summed E-state index contributed by atoms with van der Waals surface area (Å²) in [6.07, 6.45) is 0.661. The molecular formula is C11H12BrF2NO3S. The van der Waals surface area contributed by atoms with Gasteiger partial charge >= 0.3 is 0 Å². The molecule has 0 aromatic heterocycles. The van der Waals surface area contributed by atoms with Crippen LogP contribution in [0, 0.1) is 17.6 Å². The number of aliphatic hydroxyl groups excluding tert-OH is 1. The second-order valence-corrected chi connectivity index (χ2v) is 7.10.